The summed E-state index contributed by atoms with van der Waals surface area (Å²) in [6, 6.07) is 35.1. The molecule has 4 aromatic carbocycles. The zero-order valence-corrected chi connectivity index (χ0v) is 22.1. The first-order valence-corrected chi connectivity index (χ1v) is 13.7. The van der Waals surface area contributed by atoms with E-state index >= 15 is 0 Å². The molecule has 3 aliphatic rings. The molecule has 40 heavy (non-hydrogen) atoms. The standard InChI is InChI=1S/C34H29N3O3/c38-31(26-15-17-27(18-16-26)37-32(39)28-13-7-8-14-29(28)33(37)40)35-20-19-34(21-35)22-36(23-34)30(24-9-3-1-4-10-24)25-11-5-2-6-12-25/h1-18,30H,19-23H2. The van der Waals surface area contributed by atoms with E-state index in [2.05, 4.69) is 65.6 Å². The fourth-order valence-corrected chi connectivity index (χ4v) is 6.61. The summed E-state index contributed by atoms with van der Waals surface area (Å²) in [7, 11) is 0. The first-order chi connectivity index (χ1) is 19.5. The number of hydrogen-bond donors (Lipinski definition) is 0. The number of fused-ring (bicyclic) bond motifs is 1. The van der Waals surface area contributed by atoms with Gasteiger partial charge in [0.2, 0.25) is 0 Å². The van der Waals surface area contributed by atoms with Crippen molar-refractivity contribution in [1.82, 2.24) is 9.80 Å². The van der Waals surface area contributed by atoms with Gasteiger partial charge in [-0.2, -0.15) is 0 Å². The van der Waals surface area contributed by atoms with Gasteiger partial charge in [-0.05, 0) is 53.9 Å². The Bertz CT molecular complexity index is 1520. The van der Waals surface area contributed by atoms with Crippen LogP contribution in [0.1, 0.15) is 54.7 Å². The first kappa shape index (κ1) is 24.5. The molecule has 0 atom stereocenters. The third kappa shape index (κ3) is 4.03. The number of carbonyl (C=O) groups is 3. The van der Waals surface area contributed by atoms with E-state index in [1.54, 1.807) is 48.5 Å². The number of amides is 3. The predicted octanol–water partition coefficient (Wildman–Crippen LogP) is 5.42. The molecule has 7 rings (SSSR count). The Morgan fingerprint density at radius 2 is 1.18 bits per heavy atom. The van der Waals surface area contributed by atoms with Gasteiger partial charge in [-0.3, -0.25) is 19.3 Å². The minimum Gasteiger partial charge on any atom is -0.338 e. The molecule has 3 heterocycles. The van der Waals surface area contributed by atoms with Crippen LogP contribution in [0.2, 0.25) is 0 Å². The molecule has 0 radical (unpaired) electrons. The normalized spacial score (nSPS) is 17.9. The highest BCUT2D eigenvalue weighted by molar-refractivity contribution is 6.34. The van der Waals surface area contributed by atoms with E-state index in [4.69, 9.17) is 0 Å². The Morgan fingerprint density at radius 1 is 0.650 bits per heavy atom. The molecule has 198 valence electrons. The summed E-state index contributed by atoms with van der Waals surface area (Å²) in [4.78, 5) is 44.8. The van der Waals surface area contributed by atoms with Gasteiger partial charge in [0, 0.05) is 37.2 Å². The van der Waals surface area contributed by atoms with Gasteiger partial charge in [-0.1, -0.05) is 72.8 Å². The lowest BCUT2D eigenvalue weighted by Gasteiger charge is -2.51. The van der Waals surface area contributed by atoms with Gasteiger partial charge in [0.1, 0.15) is 0 Å². The highest BCUT2D eigenvalue weighted by atomic mass is 16.2. The number of rotatable bonds is 5. The van der Waals surface area contributed by atoms with Gasteiger partial charge < -0.3 is 4.90 Å². The Kier molecular flexibility index (Phi) is 5.86. The number of benzene rings is 4. The lowest BCUT2D eigenvalue weighted by Crippen LogP contribution is -2.58. The zero-order chi connectivity index (χ0) is 27.3. The molecule has 3 aliphatic heterocycles. The Balaban J connectivity index is 1.03. The Morgan fingerprint density at radius 3 is 1.73 bits per heavy atom. The molecule has 0 unspecified atom stereocenters. The van der Waals surface area contributed by atoms with Crippen LogP contribution in [0.25, 0.3) is 0 Å². The topological polar surface area (TPSA) is 60.9 Å². The van der Waals surface area contributed by atoms with Crippen molar-refractivity contribution in [3.05, 3.63) is 137 Å². The highest BCUT2D eigenvalue weighted by Crippen LogP contribution is 2.45. The number of carbonyl (C=O) groups excluding carboxylic acids is 3. The summed E-state index contributed by atoms with van der Waals surface area (Å²) >= 11 is 0. The van der Waals surface area contributed by atoms with E-state index in [-0.39, 0.29) is 29.2 Å². The van der Waals surface area contributed by atoms with Crippen LogP contribution in [0.4, 0.5) is 5.69 Å². The molecule has 0 aromatic heterocycles. The van der Waals surface area contributed by atoms with Crippen LogP contribution >= 0.6 is 0 Å². The molecule has 6 heteroatoms. The van der Waals surface area contributed by atoms with Crippen LogP contribution in [0, 0.1) is 5.41 Å². The average Bonchev–Trinajstić information content (AvgIpc) is 3.54. The SMILES string of the molecule is O=C(c1ccc(N2C(=O)c3ccccc3C2=O)cc1)N1CCC2(C1)CN(C(c1ccccc1)c1ccccc1)C2. The maximum Gasteiger partial charge on any atom is 0.266 e. The second kappa shape index (κ2) is 9.57. The monoisotopic (exact) mass is 527 g/mol. The summed E-state index contributed by atoms with van der Waals surface area (Å²) in [5, 5.41) is 0. The van der Waals surface area contributed by atoms with Gasteiger partial charge in [-0.25, -0.2) is 4.90 Å². The van der Waals surface area contributed by atoms with Crippen LogP contribution in [0.5, 0.6) is 0 Å². The lowest BCUT2D eigenvalue weighted by atomic mass is 9.76. The molecule has 2 fully saturated rings. The van der Waals surface area contributed by atoms with Crippen LogP contribution in [-0.2, 0) is 0 Å². The molecule has 0 N–H and O–H groups in total. The smallest absolute Gasteiger partial charge is 0.266 e. The number of nitrogens with zero attached hydrogens (tertiary/aromatic N) is 3. The van der Waals surface area contributed by atoms with Crippen LogP contribution in [0.3, 0.4) is 0 Å². The minimum absolute atomic E-state index is 0.00750. The molecule has 3 amide bonds. The van der Waals surface area contributed by atoms with Crippen molar-refractivity contribution in [2.45, 2.75) is 12.5 Å². The quantitative estimate of drug-likeness (QED) is 0.325. The van der Waals surface area contributed by atoms with E-state index in [1.807, 2.05) is 4.90 Å². The predicted molar refractivity (Wildman–Crippen MR) is 153 cm³/mol. The summed E-state index contributed by atoms with van der Waals surface area (Å²) in [5.74, 6) is -0.674. The molecule has 1 spiro atoms. The summed E-state index contributed by atoms with van der Waals surface area (Å²) < 4.78 is 0. The van der Waals surface area contributed by atoms with Crippen LogP contribution in [0.15, 0.2) is 109 Å². The van der Waals surface area contributed by atoms with Crippen molar-refractivity contribution >= 4 is 23.4 Å². The lowest BCUT2D eigenvalue weighted by molar-refractivity contribution is -0.0131. The van der Waals surface area contributed by atoms with E-state index < -0.39 is 0 Å². The molecule has 0 bridgehead atoms. The van der Waals surface area contributed by atoms with Crippen LogP contribution < -0.4 is 4.90 Å². The number of likely N-dealkylation sites (tertiary alicyclic amines) is 2. The Labute approximate surface area is 233 Å². The van der Waals surface area contributed by atoms with E-state index in [0.717, 1.165) is 32.6 Å². The largest absolute Gasteiger partial charge is 0.338 e. The molecule has 0 saturated carbocycles. The zero-order valence-electron chi connectivity index (χ0n) is 22.1. The van der Waals surface area contributed by atoms with E-state index in [1.165, 1.54) is 16.0 Å². The van der Waals surface area contributed by atoms with Gasteiger partial charge in [0.05, 0.1) is 22.9 Å². The van der Waals surface area contributed by atoms with Gasteiger partial charge in [0.25, 0.3) is 17.7 Å². The fraction of sp³-hybridized carbons (Fsp3) is 0.206. The van der Waals surface area contributed by atoms with Gasteiger partial charge in [-0.15, -0.1) is 0 Å². The summed E-state index contributed by atoms with van der Waals surface area (Å²) in [6.45, 7) is 3.36. The Hall–Kier alpha value is -4.55. The van der Waals surface area contributed by atoms with Crippen molar-refractivity contribution < 1.29 is 14.4 Å². The molecule has 6 nitrogen and oxygen atoms in total. The third-order valence-electron chi connectivity index (χ3n) is 8.56. The summed E-state index contributed by atoms with van der Waals surface area (Å²) in [6.07, 6.45) is 0.985. The third-order valence-corrected chi connectivity index (χ3v) is 8.56. The van der Waals surface area contributed by atoms with E-state index in [0.29, 0.717) is 22.4 Å². The molecular weight excluding hydrogens is 498 g/mol. The van der Waals surface area contributed by atoms with Crippen molar-refractivity contribution in [2.24, 2.45) is 5.41 Å². The second-order valence-electron chi connectivity index (χ2n) is 11.1. The van der Waals surface area contributed by atoms with Crippen molar-refractivity contribution in [3.63, 3.8) is 0 Å². The number of hydrogen-bond acceptors (Lipinski definition) is 4. The first-order valence-electron chi connectivity index (χ1n) is 13.7. The van der Waals surface area contributed by atoms with Gasteiger partial charge in [0.15, 0.2) is 0 Å². The van der Waals surface area contributed by atoms with Crippen molar-refractivity contribution in [1.29, 1.82) is 0 Å². The molecule has 2 saturated heterocycles. The fourth-order valence-electron chi connectivity index (χ4n) is 6.61. The molecular formula is C34H29N3O3. The number of anilines is 1. The minimum atomic E-state index is -0.333. The molecule has 0 aliphatic carbocycles. The highest BCUT2D eigenvalue weighted by Gasteiger charge is 2.50. The maximum atomic E-state index is 13.4. The van der Waals surface area contributed by atoms with Crippen molar-refractivity contribution in [3.8, 4) is 0 Å². The van der Waals surface area contributed by atoms with Gasteiger partial charge >= 0.3 is 0 Å². The maximum absolute atomic E-state index is 13.4. The summed E-state index contributed by atoms with van der Waals surface area (Å²) in [5.41, 5.74) is 4.54. The van der Waals surface area contributed by atoms with Crippen LogP contribution in [-0.4, -0.2) is 53.7 Å². The van der Waals surface area contributed by atoms with Crippen molar-refractivity contribution in [2.75, 3.05) is 31.1 Å². The molecule has 4 aromatic rings. The average molecular weight is 528 g/mol. The number of imide groups is 1. The second-order valence-corrected chi connectivity index (χ2v) is 11.1. The van der Waals surface area contributed by atoms with E-state index in [9.17, 15) is 14.4 Å².